The molecule has 0 spiro atoms. The van der Waals surface area contributed by atoms with Gasteiger partial charge < -0.3 is 95.0 Å². The van der Waals surface area contributed by atoms with Gasteiger partial charge in [-0.1, -0.05) is 44.2 Å². The summed E-state index contributed by atoms with van der Waals surface area (Å²) in [5.41, 5.74) is 12.7. The number of aromatic nitrogens is 3. The normalized spacial score (nSPS) is 16.4. The molecular formula is C64H88N18O14. The van der Waals surface area contributed by atoms with E-state index >= 15 is 0 Å². The summed E-state index contributed by atoms with van der Waals surface area (Å²) in [5.74, 6) is -7.32. The zero-order valence-corrected chi connectivity index (χ0v) is 53.7. The van der Waals surface area contributed by atoms with Gasteiger partial charge in [0.25, 0.3) is 0 Å². The first-order chi connectivity index (χ1) is 45.9. The summed E-state index contributed by atoms with van der Waals surface area (Å²) in [5, 5.41) is 58.4. The number of aromatic amines is 2. The van der Waals surface area contributed by atoms with Gasteiger partial charge in [-0.25, -0.2) is 4.98 Å². The van der Waals surface area contributed by atoms with Crippen LogP contribution in [0.3, 0.4) is 0 Å². The van der Waals surface area contributed by atoms with Crippen LogP contribution in [-0.4, -0.2) is 194 Å². The summed E-state index contributed by atoms with van der Waals surface area (Å²) in [6.45, 7) is 2.43. The molecule has 2 saturated heterocycles. The molecule has 0 aliphatic carbocycles. The molecule has 12 amide bonds. The van der Waals surface area contributed by atoms with Crippen LogP contribution in [0.15, 0.2) is 67.3 Å². The van der Waals surface area contributed by atoms with E-state index in [1.807, 2.05) is 0 Å². The minimum atomic E-state index is -1.82. The summed E-state index contributed by atoms with van der Waals surface area (Å²) in [6, 6.07) is 0.380. The minimum absolute atomic E-state index is 0.000231. The zero-order chi connectivity index (χ0) is 69.8. The number of amides is 12. The van der Waals surface area contributed by atoms with Crippen molar-refractivity contribution in [3.8, 4) is 18.1 Å². The number of hydrogen-bond donors (Lipinski definition) is 18. The fourth-order valence-electron chi connectivity index (χ4n) is 11.1. The molecule has 0 unspecified atom stereocenters. The number of aliphatic hydroxyl groups excluding tert-OH is 1. The number of likely N-dealkylation sites (tertiary alicyclic amines) is 1. The molecule has 518 valence electrons. The van der Waals surface area contributed by atoms with Gasteiger partial charge in [-0.05, 0) is 93.0 Å². The number of aliphatic hydroxyl groups is 1. The maximum atomic E-state index is 14.9. The fraction of sp³-hybridized carbons (Fsp3) is 0.500. The Morgan fingerprint density at radius 1 is 0.708 bits per heavy atom. The molecule has 0 bridgehead atoms. The standard InChI is InChI=1S/C64H88N18O14/c1-4-5-17-53(86)69-24-9-8-14-43(55(88)77-46(27-36(2)3)57(90)76-45(15-10-25-70-64(66)67)63(96)82-26-11-16-51(82)62(95)72-33-52(65)85)75-58(91)47(28-37-18-20-40(84)21-19-37)78-61(94)50(34-83)81-59(92)48(29-38-31-71-42-13-7-6-12-41(38)42)79-60(93)49(30-39-32-68-35-73-39)80-56(89)44-22-23-54(87)74-44/h1,6-7,12-13,18-21,31-32,35-36,43-51,71,83-84H,5,8-11,14-17,22-30,33-34H2,2-3H3,(H2,65,85)(H,68,73)(H,69,86)(H,72,95)(H,74,87)(H,75,91)(H,76,90)(H,77,88)(H,78,94)(H,79,93)(H,80,89)(H,81,92)(H4,66,67,70)/t43-,44+,45+,46+,47+,48+,49+,50+,51+/m1/s1. The number of carbonyl (C=O) groups is 12. The number of nitrogens with one attached hydrogen (secondary N) is 14. The zero-order valence-electron chi connectivity index (χ0n) is 53.7. The highest BCUT2D eigenvalue weighted by Gasteiger charge is 2.40. The second kappa shape index (κ2) is 37.3. The predicted octanol–water partition coefficient (Wildman–Crippen LogP) is -3.11. The van der Waals surface area contributed by atoms with Gasteiger partial charge in [-0.15, -0.1) is 12.3 Å². The van der Waals surface area contributed by atoms with Crippen LogP contribution in [0.5, 0.6) is 5.75 Å². The number of phenolic OH excluding ortho intramolecular Hbond substituents is 1. The SMILES string of the molecule is C#CCCC(=O)NCCCC[C@@H](NC(=O)[C@H](Cc1ccc(O)cc1)NC(=O)[C@H](CO)NC(=O)[C@H](Cc1c[nH]c2ccccc12)NC(=O)[C@H](Cc1c[nH]cn1)NC(=O)[C@@H]1CCC(=O)N1)C(=O)N[C@@H](CC(C)C)C(=O)N[C@@H](CCCNC(=N)N)C(=O)N1CCC[C@H]1C(=O)NCC(N)=O. The lowest BCUT2D eigenvalue weighted by atomic mass is 10.00. The van der Waals surface area contributed by atoms with Crippen molar-refractivity contribution in [2.24, 2.45) is 17.4 Å². The topological polar surface area (TPSA) is 501 Å². The van der Waals surface area contributed by atoms with Gasteiger partial charge in [-0.2, -0.15) is 0 Å². The van der Waals surface area contributed by atoms with Gasteiger partial charge in [0.15, 0.2) is 5.96 Å². The Hall–Kier alpha value is -10.6. The summed E-state index contributed by atoms with van der Waals surface area (Å²) in [7, 11) is 0. The monoisotopic (exact) mass is 1330 g/mol. The highest BCUT2D eigenvalue weighted by molar-refractivity contribution is 6.00. The Labute approximate surface area is 554 Å². The number of nitrogens with zero attached hydrogens (tertiary/aromatic N) is 2. The van der Waals surface area contributed by atoms with Crippen molar-refractivity contribution in [2.45, 2.75) is 165 Å². The molecule has 9 atom stereocenters. The number of H-pyrrole nitrogens is 2. The molecule has 6 rings (SSSR count). The van der Waals surface area contributed by atoms with Gasteiger partial charge in [0.1, 0.15) is 60.1 Å². The Kier molecular flexibility index (Phi) is 29.0. The number of phenols is 1. The van der Waals surface area contributed by atoms with Crippen LogP contribution >= 0.6 is 0 Å². The Balaban J connectivity index is 1.26. The van der Waals surface area contributed by atoms with Crippen LogP contribution in [0.2, 0.25) is 0 Å². The summed E-state index contributed by atoms with van der Waals surface area (Å²) >= 11 is 0. The first-order valence-corrected chi connectivity index (χ1v) is 31.9. The van der Waals surface area contributed by atoms with Crippen molar-refractivity contribution >= 4 is 87.7 Å². The van der Waals surface area contributed by atoms with Gasteiger partial charge in [0, 0.05) is 81.5 Å². The molecule has 2 aromatic heterocycles. The first kappa shape index (κ1) is 74.5. The van der Waals surface area contributed by atoms with Crippen molar-refractivity contribution in [3.05, 3.63) is 84.1 Å². The molecule has 2 aliphatic heterocycles. The quantitative estimate of drug-likeness (QED) is 0.00914. The smallest absolute Gasteiger partial charge is 0.245 e. The number of aromatic hydroxyl groups is 1. The van der Waals surface area contributed by atoms with Crippen LogP contribution in [0.4, 0.5) is 0 Å². The van der Waals surface area contributed by atoms with E-state index in [1.165, 1.54) is 41.7 Å². The maximum Gasteiger partial charge on any atom is 0.245 e. The average molecular weight is 1330 g/mol. The average Bonchev–Trinajstić information content (AvgIpc) is 1.64. The van der Waals surface area contributed by atoms with E-state index in [1.54, 1.807) is 44.3 Å². The lowest BCUT2D eigenvalue weighted by Crippen LogP contribution is -2.61. The molecule has 0 radical (unpaired) electrons. The van der Waals surface area contributed by atoms with Gasteiger partial charge in [0.05, 0.1) is 25.2 Å². The third-order valence-electron chi connectivity index (χ3n) is 16.1. The van der Waals surface area contributed by atoms with E-state index in [0.29, 0.717) is 34.1 Å². The van der Waals surface area contributed by atoms with Crippen molar-refractivity contribution in [2.75, 3.05) is 32.8 Å². The molecular weight excluding hydrogens is 1240 g/mol. The molecule has 2 aromatic carbocycles. The lowest BCUT2D eigenvalue weighted by Gasteiger charge is -2.31. The van der Waals surface area contributed by atoms with Crippen LogP contribution < -0.4 is 70.0 Å². The third kappa shape index (κ3) is 23.5. The van der Waals surface area contributed by atoms with E-state index in [9.17, 15) is 67.7 Å². The van der Waals surface area contributed by atoms with Crippen molar-refractivity contribution in [1.29, 1.82) is 5.41 Å². The maximum absolute atomic E-state index is 14.9. The number of terminal acetylenes is 1. The van der Waals surface area contributed by atoms with Crippen molar-refractivity contribution in [1.82, 2.24) is 78.3 Å². The predicted molar refractivity (Wildman–Crippen MR) is 348 cm³/mol. The number of primary amides is 1. The van der Waals surface area contributed by atoms with Gasteiger partial charge in [0.2, 0.25) is 70.9 Å². The summed E-state index contributed by atoms with van der Waals surface area (Å²) < 4.78 is 0. The third-order valence-corrected chi connectivity index (χ3v) is 16.1. The Bertz CT molecular complexity index is 3420. The van der Waals surface area contributed by atoms with E-state index in [-0.39, 0.29) is 139 Å². The number of carbonyl (C=O) groups excluding carboxylic acids is 12. The summed E-state index contributed by atoms with van der Waals surface area (Å²) in [6.07, 6.45) is 10.9. The van der Waals surface area contributed by atoms with Crippen molar-refractivity contribution in [3.63, 3.8) is 0 Å². The largest absolute Gasteiger partial charge is 0.508 e. The van der Waals surface area contributed by atoms with Gasteiger partial charge >= 0.3 is 0 Å². The lowest BCUT2D eigenvalue weighted by molar-refractivity contribution is -0.142. The number of imidazole rings is 1. The number of fused-ring (bicyclic) bond motifs is 1. The number of unbranched alkanes of at least 4 members (excludes halogenated alkanes) is 1. The molecule has 2 aliphatic rings. The molecule has 2 fully saturated rings. The summed E-state index contributed by atoms with van der Waals surface area (Å²) in [4.78, 5) is 176. The fourth-order valence-corrected chi connectivity index (χ4v) is 11.1. The number of para-hydroxylation sites is 1. The Morgan fingerprint density at radius 3 is 1.97 bits per heavy atom. The van der Waals surface area contributed by atoms with E-state index in [2.05, 4.69) is 79.4 Å². The van der Waals surface area contributed by atoms with Crippen molar-refractivity contribution < 1.29 is 67.7 Å². The van der Waals surface area contributed by atoms with E-state index in [4.69, 9.17) is 23.3 Å². The van der Waals surface area contributed by atoms with Crippen LogP contribution in [0.1, 0.15) is 108 Å². The Morgan fingerprint density at radius 2 is 1.32 bits per heavy atom. The number of rotatable bonds is 38. The van der Waals surface area contributed by atoms with Gasteiger partial charge in [-0.3, -0.25) is 62.9 Å². The van der Waals surface area contributed by atoms with Crippen LogP contribution in [0, 0.1) is 23.7 Å². The number of guanidine groups is 1. The second-order valence-electron chi connectivity index (χ2n) is 24.0. The second-order valence-corrected chi connectivity index (χ2v) is 24.0. The molecule has 32 nitrogen and oxygen atoms in total. The molecule has 20 N–H and O–H groups in total. The minimum Gasteiger partial charge on any atom is -0.508 e. The van der Waals surface area contributed by atoms with E-state index < -0.39 is 127 Å². The highest BCUT2D eigenvalue weighted by atomic mass is 16.3. The molecule has 32 heteroatoms. The number of benzene rings is 2. The van der Waals surface area contributed by atoms with E-state index in [0.717, 1.165) is 0 Å². The molecule has 96 heavy (non-hydrogen) atoms. The first-order valence-electron chi connectivity index (χ1n) is 31.9. The molecule has 4 aromatic rings. The van der Waals surface area contributed by atoms with Crippen LogP contribution in [0.25, 0.3) is 10.9 Å². The van der Waals surface area contributed by atoms with Crippen LogP contribution in [-0.2, 0) is 76.8 Å². The molecule has 4 heterocycles. The molecule has 0 saturated carbocycles. The number of hydrogen-bond acceptors (Lipinski definition) is 16. The number of nitrogens with two attached hydrogens (primary N) is 2. The highest BCUT2D eigenvalue weighted by Crippen LogP contribution is 2.22.